The van der Waals surface area contributed by atoms with Crippen LogP contribution in [0.2, 0.25) is 0 Å². The maximum atomic E-state index is 12.1. The molecule has 1 amide bonds. The fraction of sp³-hybridized carbons (Fsp3) is 0.118. The van der Waals surface area contributed by atoms with E-state index in [1.807, 2.05) is 22.9 Å². The Labute approximate surface area is 141 Å². The van der Waals surface area contributed by atoms with Crippen molar-refractivity contribution in [2.24, 2.45) is 0 Å². The zero-order chi connectivity index (χ0) is 16.2. The van der Waals surface area contributed by atoms with E-state index in [2.05, 4.69) is 10.3 Å². The molecule has 6 heteroatoms. The van der Waals surface area contributed by atoms with Gasteiger partial charge in [-0.3, -0.25) is 9.59 Å². The minimum atomic E-state index is -0.145. The monoisotopic (exact) mass is 342 g/mol. The minimum Gasteiger partial charge on any atom is -0.326 e. The standard InChI is InChI=1S/C17H14N2O2S2/c1-11(20)12-4-2-5-13(8-12)18-16(21)9-14-10-23-17(19-14)15-6-3-7-22-15/h2-8,10H,9H2,1H3,(H,18,21). The molecule has 3 aromatic rings. The van der Waals surface area contributed by atoms with Gasteiger partial charge >= 0.3 is 0 Å². The lowest BCUT2D eigenvalue weighted by atomic mass is 10.1. The summed E-state index contributed by atoms with van der Waals surface area (Å²) in [6.07, 6.45) is 0.214. The van der Waals surface area contributed by atoms with Crippen LogP contribution >= 0.6 is 22.7 Å². The molecule has 0 saturated carbocycles. The van der Waals surface area contributed by atoms with Gasteiger partial charge in [-0.1, -0.05) is 18.2 Å². The molecule has 1 N–H and O–H groups in total. The van der Waals surface area contributed by atoms with Gasteiger partial charge in [0.25, 0.3) is 0 Å². The Morgan fingerprint density at radius 3 is 2.78 bits per heavy atom. The molecule has 0 aliphatic carbocycles. The summed E-state index contributed by atoms with van der Waals surface area (Å²) in [6, 6.07) is 10.9. The van der Waals surface area contributed by atoms with Crippen LogP contribution in [0, 0.1) is 0 Å². The molecule has 4 nitrogen and oxygen atoms in total. The first-order chi connectivity index (χ1) is 11.1. The first kappa shape index (κ1) is 15.6. The van der Waals surface area contributed by atoms with Crippen LogP contribution in [0.5, 0.6) is 0 Å². The fourth-order valence-corrected chi connectivity index (χ4v) is 3.72. The van der Waals surface area contributed by atoms with Gasteiger partial charge in [-0.2, -0.15) is 0 Å². The zero-order valence-corrected chi connectivity index (χ0v) is 14.0. The molecule has 0 fully saturated rings. The van der Waals surface area contributed by atoms with Crippen LogP contribution in [-0.4, -0.2) is 16.7 Å². The van der Waals surface area contributed by atoms with Crippen molar-refractivity contribution in [2.75, 3.05) is 5.32 Å². The Balaban J connectivity index is 1.66. The largest absolute Gasteiger partial charge is 0.326 e. The summed E-state index contributed by atoms with van der Waals surface area (Å²) in [5, 5.41) is 7.65. The van der Waals surface area contributed by atoms with Crippen molar-refractivity contribution in [3.8, 4) is 9.88 Å². The molecule has 116 valence electrons. The number of nitrogens with zero attached hydrogens (tertiary/aromatic N) is 1. The summed E-state index contributed by atoms with van der Waals surface area (Å²) in [4.78, 5) is 29.1. The molecule has 0 aliphatic rings. The van der Waals surface area contributed by atoms with E-state index >= 15 is 0 Å². The second-order valence-corrected chi connectivity index (χ2v) is 6.79. The summed E-state index contributed by atoms with van der Waals surface area (Å²) in [6.45, 7) is 1.50. The predicted molar refractivity (Wildman–Crippen MR) is 94.2 cm³/mol. The lowest BCUT2D eigenvalue weighted by Gasteiger charge is -2.05. The summed E-state index contributed by atoms with van der Waals surface area (Å²) >= 11 is 3.17. The first-order valence-electron chi connectivity index (χ1n) is 7.01. The van der Waals surface area contributed by atoms with Gasteiger partial charge in [-0.05, 0) is 30.5 Å². The summed E-state index contributed by atoms with van der Waals surface area (Å²) in [5.41, 5.74) is 1.95. The Hall–Kier alpha value is -2.31. The molecule has 0 aliphatic heterocycles. The summed E-state index contributed by atoms with van der Waals surface area (Å²) in [7, 11) is 0. The van der Waals surface area contributed by atoms with Crippen molar-refractivity contribution in [3.05, 3.63) is 58.4 Å². The molecule has 2 aromatic heterocycles. The average molecular weight is 342 g/mol. The number of aromatic nitrogens is 1. The zero-order valence-electron chi connectivity index (χ0n) is 12.4. The molecule has 2 heterocycles. The number of carbonyl (C=O) groups is 2. The van der Waals surface area contributed by atoms with E-state index < -0.39 is 0 Å². The van der Waals surface area contributed by atoms with E-state index in [4.69, 9.17) is 0 Å². The number of ketones is 1. The Morgan fingerprint density at radius 2 is 2.04 bits per heavy atom. The maximum Gasteiger partial charge on any atom is 0.230 e. The average Bonchev–Trinajstić information content (AvgIpc) is 3.18. The lowest BCUT2D eigenvalue weighted by molar-refractivity contribution is -0.115. The van der Waals surface area contributed by atoms with E-state index in [9.17, 15) is 9.59 Å². The van der Waals surface area contributed by atoms with E-state index in [-0.39, 0.29) is 18.1 Å². The second-order valence-electron chi connectivity index (χ2n) is 4.98. The number of hydrogen-bond acceptors (Lipinski definition) is 5. The van der Waals surface area contributed by atoms with Crippen molar-refractivity contribution in [3.63, 3.8) is 0 Å². The van der Waals surface area contributed by atoms with E-state index in [0.717, 1.165) is 15.6 Å². The number of thiophene rings is 1. The number of Topliss-reactive ketones (excluding diaryl/α,β-unsaturated/α-hetero) is 1. The number of amides is 1. The molecule has 23 heavy (non-hydrogen) atoms. The third kappa shape index (κ3) is 3.91. The van der Waals surface area contributed by atoms with Crippen molar-refractivity contribution in [1.82, 2.24) is 4.98 Å². The number of benzene rings is 1. The quantitative estimate of drug-likeness (QED) is 0.705. The number of rotatable bonds is 5. The number of hydrogen-bond donors (Lipinski definition) is 1. The van der Waals surface area contributed by atoms with Crippen molar-refractivity contribution < 1.29 is 9.59 Å². The van der Waals surface area contributed by atoms with Gasteiger partial charge in [-0.15, -0.1) is 22.7 Å². The first-order valence-corrected chi connectivity index (χ1v) is 8.77. The molecule has 0 bridgehead atoms. The van der Waals surface area contributed by atoms with E-state index in [1.54, 1.807) is 35.6 Å². The maximum absolute atomic E-state index is 12.1. The molecule has 0 atom stereocenters. The second kappa shape index (κ2) is 6.85. The highest BCUT2D eigenvalue weighted by molar-refractivity contribution is 7.20. The topological polar surface area (TPSA) is 59.1 Å². The Morgan fingerprint density at radius 1 is 1.17 bits per heavy atom. The third-order valence-corrected chi connectivity index (χ3v) is 5.11. The van der Waals surface area contributed by atoms with Gasteiger partial charge in [0.2, 0.25) is 5.91 Å². The van der Waals surface area contributed by atoms with Gasteiger partial charge in [0.15, 0.2) is 5.78 Å². The fourth-order valence-electron chi connectivity index (χ4n) is 2.09. The Kier molecular flexibility index (Phi) is 4.64. The van der Waals surface area contributed by atoms with Gasteiger partial charge in [0.05, 0.1) is 17.0 Å². The van der Waals surface area contributed by atoms with Crippen molar-refractivity contribution in [1.29, 1.82) is 0 Å². The molecular weight excluding hydrogens is 328 g/mol. The van der Waals surface area contributed by atoms with Crippen molar-refractivity contribution in [2.45, 2.75) is 13.3 Å². The van der Waals surface area contributed by atoms with Crippen LogP contribution in [0.3, 0.4) is 0 Å². The van der Waals surface area contributed by atoms with E-state index in [1.165, 1.54) is 18.3 Å². The van der Waals surface area contributed by atoms with Gasteiger partial charge in [0, 0.05) is 16.6 Å². The predicted octanol–water partition coefficient (Wildman–Crippen LogP) is 4.26. The van der Waals surface area contributed by atoms with Crippen LogP contribution in [0.1, 0.15) is 23.0 Å². The molecule has 1 aromatic carbocycles. The van der Waals surface area contributed by atoms with Crippen molar-refractivity contribution >= 4 is 40.1 Å². The summed E-state index contributed by atoms with van der Waals surface area (Å²) in [5.74, 6) is -0.171. The highest BCUT2D eigenvalue weighted by Gasteiger charge is 2.10. The van der Waals surface area contributed by atoms with Gasteiger partial charge in [0.1, 0.15) is 5.01 Å². The smallest absolute Gasteiger partial charge is 0.230 e. The van der Waals surface area contributed by atoms with Crippen LogP contribution < -0.4 is 5.32 Å². The number of thiazole rings is 1. The van der Waals surface area contributed by atoms with E-state index in [0.29, 0.717) is 11.3 Å². The third-order valence-electron chi connectivity index (χ3n) is 3.18. The highest BCUT2D eigenvalue weighted by atomic mass is 32.1. The minimum absolute atomic E-state index is 0.0267. The van der Waals surface area contributed by atoms with Crippen LogP contribution in [0.15, 0.2) is 47.2 Å². The SMILES string of the molecule is CC(=O)c1cccc(NC(=O)Cc2csc(-c3cccs3)n2)c1. The molecule has 0 saturated heterocycles. The Bertz CT molecular complexity index is 838. The van der Waals surface area contributed by atoms with Gasteiger partial charge in [-0.25, -0.2) is 4.98 Å². The number of anilines is 1. The van der Waals surface area contributed by atoms with Crippen LogP contribution in [0.4, 0.5) is 5.69 Å². The molecule has 3 rings (SSSR count). The molecule has 0 radical (unpaired) electrons. The molecular formula is C17H14N2O2S2. The highest BCUT2D eigenvalue weighted by Crippen LogP contribution is 2.27. The van der Waals surface area contributed by atoms with Gasteiger partial charge < -0.3 is 5.32 Å². The van der Waals surface area contributed by atoms with Crippen LogP contribution in [0.25, 0.3) is 9.88 Å². The summed E-state index contributed by atoms with van der Waals surface area (Å²) < 4.78 is 0. The lowest BCUT2D eigenvalue weighted by Crippen LogP contribution is -2.14. The number of carbonyl (C=O) groups excluding carboxylic acids is 2. The number of nitrogens with one attached hydrogen (secondary N) is 1. The molecule has 0 spiro atoms. The molecule has 0 unspecified atom stereocenters. The van der Waals surface area contributed by atoms with Crippen LogP contribution in [-0.2, 0) is 11.2 Å². The normalized spacial score (nSPS) is 10.5.